The molecule has 9 heteroatoms. The Balaban J connectivity index is 1.08. The van der Waals surface area contributed by atoms with Crippen LogP contribution >= 0.6 is 0 Å². The second-order valence-corrected chi connectivity index (χ2v) is 10.8. The van der Waals surface area contributed by atoms with Gasteiger partial charge in [0.05, 0.1) is 12.6 Å². The quantitative estimate of drug-likeness (QED) is 0.556. The van der Waals surface area contributed by atoms with Crippen LogP contribution in [0.2, 0.25) is 0 Å². The standard InChI is InChI=1S/C28H40N6O3/c1-21(35)34-18-16-33(17-19-34)20-26-30-28(37-31-26)24-10-13-32(14-11-24)15-12-25(22-6-3-2-4-7-22)29-27(36)23-8-5-9-23/h2-4,6-7,23-25H,5,8-20H2,1H3,(H,29,36)/t25-/m0/s1. The number of piperidine rings is 1. The summed E-state index contributed by atoms with van der Waals surface area (Å²) >= 11 is 0. The van der Waals surface area contributed by atoms with E-state index in [0.717, 1.165) is 89.6 Å². The van der Waals surface area contributed by atoms with Crippen LogP contribution in [0.5, 0.6) is 0 Å². The predicted octanol–water partition coefficient (Wildman–Crippen LogP) is 2.96. The van der Waals surface area contributed by atoms with Crippen LogP contribution in [0.1, 0.15) is 74.7 Å². The van der Waals surface area contributed by atoms with Crippen molar-refractivity contribution in [3.05, 3.63) is 47.6 Å². The van der Waals surface area contributed by atoms with Crippen LogP contribution in [-0.2, 0) is 16.1 Å². The minimum absolute atomic E-state index is 0.0582. The second kappa shape index (κ2) is 12.2. The van der Waals surface area contributed by atoms with Gasteiger partial charge in [-0.1, -0.05) is 41.9 Å². The Kier molecular flexibility index (Phi) is 8.51. The number of benzene rings is 1. The van der Waals surface area contributed by atoms with Crippen LogP contribution < -0.4 is 5.32 Å². The Hall–Kier alpha value is -2.78. The van der Waals surface area contributed by atoms with Crippen molar-refractivity contribution in [2.45, 2.75) is 64.0 Å². The molecule has 2 amide bonds. The van der Waals surface area contributed by atoms with Gasteiger partial charge in [-0.15, -0.1) is 0 Å². The summed E-state index contributed by atoms with van der Waals surface area (Å²) in [7, 11) is 0. The fourth-order valence-electron chi connectivity index (χ4n) is 5.60. The van der Waals surface area contributed by atoms with Gasteiger partial charge in [0.2, 0.25) is 17.7 Å². The molecule has 9 nitrogen and oxygen atoms in total. The number of hydrogen-bond donors (Lipinski definition) is 1. The third kappa shape index (κ3) is 6.76. The molecule has 3 fully saturated rings. The number of piperazine rings is 1. The summed E-state index contributed by atoms with van der Waals surface area (Å²) in [5, 5.41) is 7.57. The van der Waals surface area contributed by atoms with Crippen molar-refractivity contribution in [1.29, 1.82) is 0 Å². The molecular weight excluding hydrogens is 468 g/mol. The van der Waals surface area contributed by atoms with Crippen LogP contribution in [-0.4, -0.2) is 82.5 Å². The van der Waals surface area contributed by atoms with E-state index in [1.807, 2.05) is 23.1 Å². The van der Waals surface area contributed by atoms with Crippen molar-refractivity contribution in [3.8, 4) is 0 Å². The van der Waals surface area contributed by atoms with Crippen molar-refractivity contribution >= 4 is 11.8 Å². The number of carbonyl (C=O) groups is 2. The number of aromatic nitrogens is 2. The first kappa shape index (κ1) is 25.9. The Morgan fingerprint density at radius 3 is 2.38 bits per heavy atom. The average molecular weight is 509 g/mol. The highest BCUT2D eigenvalue weighted by molar-refractivity contribution is 5.79. The van der Waals surface area contributed by atoms with Crippen molar-refractivity contribution < 1.29 is 14.1 Å². The maximum Gasteiger partial charge on any atom is 0.229 e. The molecule has 3 aliphatic rings. The largest absolute Gasteiger partial charge is 0.349 e. The number of amides is 2. The van der Waals surface area contributed by atoms with Crippen LogP contribution in [0, 0.1) is 5.92 Å². The molecule has 1 atom stereocenters. The molecule has 0 spiro atoms. The molecule has 5 rings (SSSR count). The van der Waals surface area contributed by atoms with Crippen LogP contribution in [0.15, 0.2) is 34.9 Å². The minimum atomic E-state index is 0.0582. The Labute approximate surface area is 219 Å². The molecule has 2 aliphatic heterocycles. The van der Waals surface area contributed by atoms with Gasteiger partial charge >= 0.3 is 0 Å². The Bertz CT molecular complexity index is 1020. The molecule has 2 aromatic rings. The molecule has 1 saturated carbocycles. The molecule has 2 saturated heterocycles. The summed E-state index contributed by atoms with van der Waals surface area (Å²) in [4.78, 5) is 35.6. The summed E-state index contributed by atoms with van der Waals surface area (Å²) in [6.45, 7) is 8.44. The molecule has 0 bridgehead atoms. The monoisotopic (exact) mass is 508 g/mol. The molecule has 37 heavy (non-hydrogen) atoms. The third-order valence-electron chi connectivity index (χ3n) is 8.33. The van der Waals surface area contributed by atoms with Crippen molar-refractivity contribution in [2.75, 3.05) is 45.8 Å². The van der Waals surface area contributed by atoms with E-state index in [1.54, 1.807) is 6.92 Å². The van der Waals surface area contributed by atoms with Crippen molar-refractivity contribution in [3.63, 3.8) is 0 Å². The zero-order valence-corrected chi connectivity index (χ0v) is 22.0. The highest BCUT2D eigenvalue weighted by atomic mass is 16.5. The first-order valence-corrected chi connectivity index (χ1v) is 13.9. The fraction of sp³-hybridized carbons (Fsp3) is 0.643. The maximum absolute atomic E-state index is 12.7. The highest BCUT2D eigenvalue weighted by Crippen LogP contribution is 2.30. The van der Waals surface area contributed by atoms with Gasteiger partial charge in [0, 0.05) is 51.5 Å². The van der Waals surface area contributed by atoms with E-state index in [9.17, 15) is 9.59 Å². The van der Waals surface area contributed by atoms with Crippen molar-refractivity contribution in [2.24, 2.45) is 5.92 Å². The number of carbonyl (C=O) groups excluding carboxylic acids is 2. The van der Waals surface area contributed by atoms with Gasteiger partial charge in [0.1, 0.15) is 0 Å². The molecule has 1 N–H and O–H groups in total. The van der Waals surface area contributed by atoms with E-state index in [1.165, 1.54) is 12.0 Å². The van der Waals surface area contributed by atoms with Gasteiger partial charge in [-0.3, -0.25) is 14.5 Å². The number of hydrogen-bond acceptors (Lipinski definition) is 7. The number of likely N-dealkylation sites (tertiary alicyclic amines) is 1. The molecule has 1 aliphatic carbocycles. The smallest absolute Gasteiger partial charge is 0.229 e. The van der Waals surface area contributed by atoms with Crippen molar-refractivity contribution in [1.82, 2.24) is 30.2 Å². The number of nitrogens with one attached hydrogen (secondary N) is 1. The second-order valence-electron chi connectivity index (χ2n) is 10.8. The third-order valence-corrected chi connectivity index (χ3v) is 8.33. The van der Waals surface area contributed by atoms with Gasteiger partial charge < -0.3 is 19.6 Å². The summed E-state index contributed by atoms with van der Waals surface area (Å²) in [5.74, 6) is 2.35. The lowest BCUT2D eigenvalue weighted by Crippen LogP contribution is -2.47. The number of rotatable bonds is 9. The first-order valence-electron chi connectivity index (χ1n) is 13.9. The molecule has 0 radical (unpaired) electrons. The van der Waals surface area contributed by atoms with Crippen LogP contribution in [0.3, 0.4) is 0 Å². The van der Waals surface area contributed by atoms with Gasteiger partial charge in [-0.05, 0) is 50.8 Å². The van der Waals surface area contributed by atoms with E-state index in [-0.39, 0.29) is 23.8 Å². The van der Waals surface area contributed by atoms with Gasteiger partial charge in [-0.25, -0.2) is 0 Å². The first-order chi connectivity index (χ1) is 18.0. The lowest BCUT2D eigenvalue weighted by molar-refractivity contribution is -0.130. The molecular formula is C28H40N6O3. The lowest BCUT2D eigenvalue weighted by atomic mass is 9.84. The van der Waals surface area contributed by atoms with E-state index >= 15 is 0 Å². The molecule has 0 unspecified atom stereocenters. The summed E-state index contributed by atoms with van der Waals surface area (Å²) in [6.07, 6.45) is 6.13. The molecule has 1 aromatic carbocycles. The SMILES string of the molecule is CC(=O)N1CCN(Cc2noc(C3CCN(CC[C@H](NC(=O)C4CCC4)c4ccccc4)CC3)n2)CC1. The summed E-state index contributed by atoms with van der Waals surface area (Å²) in [6, 6.07) is 10.4. The van der Waals surface area contributed by atoms with Gasteiger partial charge in [-0.2, -0.15) is 4.98 Å². The topological polar surface area (TPSA) is 94.8 Å². The zero-order valence-electron chi connectivity index (χ0n) is 22.0. The van der Waals surface area contributed by atoms with E-state index in [2.05, 4.69) is 32.4 Å². The normalized spacial score (nSPS) is 20.9. The molecule has 200 valence electrons. The van der Waals surface area contributed by atoms with E-state index in [0.29, 0.717) is 12.5 Å². The zero-order chi connectivity index (χ0) is 25.6. The lowest BCUT2D eigenvalue weighted by Gasteiger charge is -2.33. The summed E-state index contributed by atoms with van der Waals surface area (Å²) < 4.78 is 5.66. The maximum atomic E-state index is 12.7. The predicted molar refractivity (Wildman–Crippen MR) is 140 cm³/mol. The Morgan fingerprint density at radius 1 is 1.00 bits per heavy atom. The minimum Gasteiger partial charge on any atom is -0.349 e. The van der Waals surface area contributed by atoms with E-state index < -0.39 is 0 Å². The average Bonchev–Trinajstić information content (AvgIpc) is 3.35. The highest BCUT2D eigenvalue weighted by Gasteiger charge is 2.29. The fourth-order valence-corrected chi connectivity index (χ4v) is 5.60. The molecule has 3 heterocycles. The van der Waals surface area contributed by atoms with Gasteiger partial charge in [0.15, 0.2) is 5.82 Å². The Morgan fingerprint density at radius 2 is 1.73 bits per heavy atom. The summed E-state index contributed by atoms with van der Waals surface area (Å²) in [5.41, 5.74) is 1.19. The van der Waals surface area contributed by atoms with E-state index in [4.69, 9.17) is 9.51 Å². The number of nitrogens with zero attached hydrogens (tertiary/aromatic N) is 5. The van der Waals surface area contributed by atoms with Gasteiger partial charge in [0.25, 0.3) is 0 Å². The molecule has 1 aromatic heterocycles. The van der Waals surface area contributed by atoms with Crippen LogP contribution in [0.25, 0.3) is 0 Å². The van der Waals surface area contributed by atoms with Crippen LogP contribution in [0.4, 0.5) is 0 Å².